The Morgan fingerprint density at radius 3 is 2.24 bits per heavy atom. The van der Waals surface area contributed by atoms with Gasteiger partial charge in [0.15, 0.2) is 6.61 Å². The summed E-state index contributed by atoms with van der Waals surface area (Å²) in [5.41, 5.74) is 4.01. The summed E-state index contributed by atoms with van der Waals surface area (Å²) in [6.45, 7) is 3.88. The summed E-state index contributed by atoms with van der Waals surface area (Å²) in [6.07, 6.45) is 0.767. The van der Waals surface area contributed by atoms with Gasteiger partial charge in [0.2, 0.25) is 0 Å². The Bertz CT molecular complexity index is 1140. The molecule has 3 aromatic rings. The van der Waals surface area contributed by atoms with E-state index < -0.39 is 18.5 Å². The van der Waals surface area contributed by atoms with Gasteiger partial charge in [-0.15, -0.1) is 0 Å². The van der Waals surface area contributed by atoms with Gasteiger partial charge in [0.1, 0.15) is 0 Å². The molecule has 0 aliphatic carbocycles. The number of carbonyl (C=O) groups excluding carboxylic acids is 3. The summed E-state index contributed by atoms with van der Waals surface area (Å²) >= 11 is 0. The molecule has 0 radical (unpaired) electrons. The van der Waals surface area contributed by atoms with Crippen LogP contribution in [0.4, 0.5) is 5.69 Å². The standard InChI is InChI=1S/C27H28N2O4/c1-4-21-14-10-11-19(2)25(21)28-24(30)18-33-27(32)23-16-9-8-15-22(23)26(31)29(3)17-20-12-6-5-7-13-20/h5-16H,4,17-18H2,1-3H3,(H,28,30). The minimum absolute atomic E-state index is 0.125. The lowest BCUT2D eigenvalue weighted by Crippen LogP contribution is -2.28. The van der Waals surface area contributed by atoms with Crippen molar-refractivity contribution in [1.29, 1.82) is 0 Å². The van der Waals surface area contributed by atoms with E-state index in [4.69, 9.17) is 4.74 Å². The van der Waals surface area contributed by atoms with Gasteiger partial charge in [-0.1, -0.05) is 67.6 Å². The number of nitrogens with zero attached hydrogens (tertiary/aromatic N) is 1. The number of carbonyl (C=O) groups is 3. The molecule has 0 atom stereocenters. The molecule has 0 aliphatic heterocycles. The average Bonchev–Trinajstić information content (AvgIpc) is 2.84. The zero-order valence-electron chi connectivity index (χ0n) is 19.1. The second kappa shape index (κ2) is 11.1. The maximum Gasteiger partial charge on any atom is 0.339 e. The second-order valence-corrected chi connectivity index (χ2v) is 7.78. The van der Waals surface area contributed by atoms with E-state index in [1.54, 1.807) is 30.1 Å². The van der Waals surface area contributed by atoms with Gasteiger partial charge in [-0.25, -0.2) is 4.79 Å². The molecule has 0 fully saturated rings. The van der Waals surface area contributed by atoms with Crippen molar-refractivity contribution in [3.05, 3.63) is 101 Å². The van der Waals surface area contributed by atoms with Crippen molar-refractivity contribution in [3.8, 4) is 0 Å². The molecule has 170 valence electrons. The fraction of sp³-hybridized carbons (Fsp3) is 0.222. The van der Waals surface area contributed by atoms with Gasteiger partial charge >= 0.3 is 5.97 Å². The van der Waals surface area contributed by atoms with E-state index in [0.717, 1.165) is 28.8 Å². The molecule has 0 unspecified atom stereocenters. The molecule has 3 rings (SSSR count). The monoisotopic (exact) mass is 444 g/mol. The van der Waals surface area contributed by atoms with Crippen LogP contribution in [0.3, 0.4) is 0 Å². The average molecular weight is 445 g/mol. The highest BCUT2D eigenvalue weighted by atomic mass is 16.5. The molecule has 1 N–H and O–H groups in total. The Balaban J connectivity index is 1.66. The number of benzene rings is 3. The number of hydrogen-bond donors (Lipinski definition) is 1. The molecule has 2 amide bonds. The maximum atomic E-state index is 13.0. The molecule has 6 heteroatoms. The lowest BCUT2D eigenvalue weighted by atomic mass is 10.1. The van der Waals surface area contributed by atoms with Gasteiger partial charge in [-0.3, -0.25) is 9.59 Å². The van der Waals surface area contributed by atoms with Crippen LogP contribution in [0.15, 0.2) is 72.8 Å². The Labute approximate surface area is 194 Å². The second-order valence-electron chi connectivity index (χ2n) is 7.78. The van der Waals surface area contributed by atoms with Crippen molar-refractivity contribution in [1.82, 2.24) is 4.90 Å². The highest BCUT2D eigenvalue weighted by Crippen LogP contribution is 2.21. The molecule has 3 aromatic carbocycles. The van der Waals surface area contributed by atoms with Crippen LogP contribution in [-0.2, 0) is 22.5 Å². The molecule has 0 saturated heterocycles. The first-order valence-corrected chi connectivity index (χ1v) is 10.8. The minimum atomic E-state index is -0.720. The summed E-state index contributed by atoms with van der Waals surface area (Å²) < 4.78 is 5.24. The number of nitrogens with one attached hydrogen (secondary N) is 1. The van der Waals surface area contributed by atoms with Crippen LogP contribution < -0.4 is 5.32 Å². The van der Waals surface area contributed by atoms with E-state index in [0.29, 0.717) is 6.54 Å². The molecule has 0 saturated carbocycles. The van der Waals surface area contributed by atoms with Gasteiger partial charge in [0.25, 0.3) is 11.8 Å². The topological polar surface area (TPSA) is 75.7 Å². The van der Waals surface area contributed by atoms with Crippen LogP contribution in [0, 0.1) is 6.92 Å². The van der Waals surface area contributed by atoms with Crippen LogP contribution in [-0.4, -0.2) is 36.3 Å². The molecular formula is C27H28N2O4. The Kier molecular flexibility index (Phi) is 7.97. The molecule has 0 aliphatic rings. The summed E-state index contributed by atoms with van der Waals surface area (Å²) in [4.78, 5) is 39.7. The summed E-state index contributed by atoms with van der Waals surface area (Å²) in [5.74, 6) is -1.46. The largest absolute Gasteiger partial charge is 0.452 e. The van der Waals surface area contributed by atoms with Crippen LogP contribution in [0.2, 0.25) is 0 Å². The predicted octanol–water partition coefficient (Wildman–Crippen LogP) is 4.63. The first-order valence-electron chi connectivity index (χ1n) is 10.8. The highest BCUT2D eigenvalue weighted by Gasteiger charge is 2.21. The molecule has 0 aromatic heterocycles. The normalized spacial score (nSPS) is 10.4. The molecule has 0 spiro atoms. The van der Waals surface area contributed by atoms with Crippen molar-refractivity contribution in [2.75, 3.05) is 19.0 Å². The van der Waals surface area contributed by atoms with Crippen LogP contribution in [0.5, 0.6) is 0 Å². The Morgan fingerprint density at radius 2 is 1.55 bits per heavy atom. The number of amides is 2. The quantitative estimate of drug-likeness (QED) is 0.514. The van der Waals surface area contributed by atoms with E-state index in [2.05, 4.69) is 5.32 Å². The molecule has 0 heterocycles. The van der Waals surface area contributed by atoms with E-state index in [9.17, 15) is 14.4 Å². The summed E-state index contributed by atoms with van der Waals surface area (Å²) in [6, 6.07) is 21.8. The summed E-state index contributed by atoms with van der Waals surface area (Å²) in [5, 5.41) is 2.83. The zero-order valence-corrected chi connectivity index (χ0v) is 19.1. The van der Waals surface area contributed by atoms with Crippen LogP contribution >= 0.6 is 0 Å². The molecular weight excluding hydrogens is 416 g/mol. The number of anilines is 1. The van der Waals surface area contributed by atoms with E-state index in [1.165, 1.54) is 6.07 Å². The fourth-order valence-corrected chi connectivity index (χ4v) is 3.57. The first-order chi connectivity index (χ1) is 15.9. The van der Waals surface area contributed by atoms with Gasteiger partial charge < -0.3 is 15.0 Å². The maximum absolute atomic E-state index is 13.0. The van der Waals surface area contributed by atoms with E-state index >= 15 is 0 Å². The number of hydrogen-bond acceptors (Lipinski definition) is 4. The number of esters is 1. The van der Waals surface area contributed by atoms with Gasteiger partial charge in [0, 0.05) is 19.3 Å². The molecule has 0 bridgehead atoms. The van der Waals surface area contributed by atoms with E-state index in [1.807, 2.05) is 62.4 Å². The van der Waals surface area contributed by atoms with Crippen molar-refractivity contribution in [2.45, 2.75) is 26.8 Å². The minimum Gasteiger partial charge on any atom is -0.452 e. The molecule has 6 nitrogen and oxygen atoms in total. The van der Waals surface area contributed by atoms with Crippen molar-refractivity contribution in [2.24, 2.45) is 0 Å². The Hall–Kier alpha value is -3.93. The third-order valence-electron chi connectivity index (χ3n) is 5.33. The van der Waals surface area contributed by atoms with Crippen molar-refractivity contribution >= 4 is 23.5 Å². The zero-order chi connectivity index (χ0) is 23.8. The number of aryl methyl sites for hydroxylation is 2. The number of rotatable bonds is 8. The van der Waals surface area contributed by atoms with Gasteiger partial charge in [0.05, 0.1) is 11.1 Å². The van der Waals surface area contributed by atoms with Crippen LogP contribution in [0.1, 0.15) is 44.3 Å². The van der Waals surface area contributed by atoms with Crippen LogP contribution in [0.25, 0.3) is 0 Å². The predicted molar refractivity (Wildman–Crippen MR) is 128 cm³/mol. The lowest BCUT2D eigenvalue weighted by Gasteiger charge is -2.19. The number of para-hydroxylation sites is 1. The van der Waals surface area contributed by atoms with E-state index in [-0.39, 0.29) is 17.0 Å². The molecule has 33 heavy (non-hydrogen) atoms. The third kappa shape index (κ3) is 6.07. The SMILES string of the molecule is CCc1cccc(C)c1NC(=O)COC(=O)c1ccccc1C(=O)N(C)Cc1ccccc1. The number of ether oxygens (including phenoxy) is 1. The van der Waals surface area contributed by atoms with Gasteiger partial charge in [-0.2, -0.15) is 0 Å². The smallest absolute Gasteiger partial charge is 0.339 e. The van der Waals surface area contributed by atoms with Gasteiger partial charge in [-0.05, 0) is 42.2 Å². The third-order valence-corrected chi connectivity index (χ3v) is 5.33. The highest BCUT2D eigenvalue weighted by molar-refractivity contribution is 6.06. The van der Waals surface area contributed by atoms with Crippen molar-refractivity contribution in [3.63, 3.8) is 0 Å². The van der Waals surface area contributed by atoms with Crippen molar-refractivity contribution < 1.29 is 19.1 Å². The Morgan fingerprint density at radius 1 is 0.879 bits per heavy atom. The lowest BCUT2D eigenvalue weighted by molar-refractivity contribution is -0.119. The summed E-state index contributed by atoms with van der Waals surface area (Å²) in [7, 11) is 1.68. The fourth-order valence-electron chi connectivity index (χ4n) is 3.57. The first kappa shape index (κ1) is 23.7.